The third-order valence-electron chi connectivity index (χ3n) is 1.48. The zero-order valence-electron chi connectivity index (χ0n) is 8.41. The monoisotopic (exact) mass is 210 g/mol. The Balaban J connectivity index is 4.15. The van der Waals surface area contributed by atoms with E-state index in [1.165, 1.54) is 0 Å². The SMILES string of the molecule is CC(C)CP(=O)(CC(C)C)OP. The Morgan fingerprint density at radius 1 is 1.17 bits per heavy atom. The molecule has 4 heteroatoms. The molecule has 12 heavy (non-hydrogen) atoms. The molecule has 1 unspecified atom stereocenters. The van der Waals surface area contributed by atoms with Gasteiger partial charge < -0.3 is 4.31 Å². The van der Waals surface area contributed by atoms with Gasteiger partial charge in [0.15, 0.2) is 0 Å². The maximum Gasteiger partial charge on any atom is 0.206 e. The van der Waals surface area contributed by atoms with E-state index >= 15 is 0 Å². The van der Waals surface area contributed by atoms with Gasteiger partial charge in [-0.1, -0.05) is 27.7 Å². The molecule has 0 aromatic rings. The second-order valence-electron chi connectivity index (χ2n) is 4.07. The molecule has 0 aromatic heterocycles. The van der Waals surface area contributed by atoms with Crippen molar-refractivity contribution in [1.29, 1.82) is 0 Å². The minimum atomic E-state index is -2.35. The molecular formula is C8H20O2P2. The lowest BCUT2D eigenvalue weighted by Gasteiger charge is -2.19. The van der Waals surface area contributed by atoms with E-state index in [0.717, 1.165) is 0 Å². The van der Waals surface area contributed by atoms with Crippen molar-refractivity contribution in [3.8, 4) is 0 Å². The summed E-state index contributed by atoms with van der Waals surface area (Å²) < 4.78 is 17.0. The van der Waals surface area contributed by atoms with Crippen LogP contribution in [0, 0.1) is 11.8 Å². The van der Waals surface area contributed by atoms with E-state index in [2.05, 4.69) is 37.2 Å². The Kier molecular flexibility index (Phi) is 5.65. The fourth-order valence-electron chi connectivity index (χ4n) is 1.27. The standard InChI is InChI=1S/C8H20O2P2/c1-7(2)5-12(9,10-11)6-8(3)4/h7-8H,5-6,11H2,1-4H3. The largest absolute Gasteiger partial charge is 0.312 e. The van der Waals surface area contributed by atoms with Crippen molar-refractivity contribution in [1.82, 2.24) is 0 Å². The molecule has 0 spiro atoms. The molecule has 74 valence electrons. The van der Waals surface area contributed by atoms with Crippen LogP contribution in [-0.4, -0.2) is 12.3 Å². The Labute approximate surface area is 78.2 Å². The molecular weight excluding hydrogens is 190 g/mol. The Morgan fingerprint density at radius 2 is 1.50 bits per heavy atom. The molecule has 0 aromatic carbocycles. The Bertz CT molecular complexity index is 152. The highest BCUT2D eigenvalue weighted by Crippen LogP contribution is 2.51. The first-order valence-electron chi connectivity index (χ1n) is 4.36. The summed E-state index contributed by atoms with van der Waals surface area (Å²) in [6.45, 7) is 8.26. The predicted molar refractivity (Wildman–Crippen MR) is 57.8 cm³/mol. The summed E-state index contributed by atoms with van der Waals surface area (Å²) >= 11 is 0. The van der Waals surface area contributed by atoms with Gasteiger partial charge in [-0.15, -0.1) is 0 Å². The first-order valence-corrected chi connectivity index (χ1v) is 6.83. The fourth-order valence-corrected chi connectivity index (χ4v) is 4.34. The lowest BCUT2D eigenvalue weighted by atomic mass is 10.3. The molecule has 0 aliphatic heterocycles. The van der Waals surface area contributed by atoms with Gasteiger partial charge in [-0.3, -0.25) is 4.57 Å². The van der Waals surface area contributed by atoms with Gasteiger partial charge >= 0.3 is 0 Å². The van der Waals surface area contributed by atoms with Crippen LogP contribution in [0.4, 0.5) is 0 Å². The van der Waals surface area contributed by atoms with Crippen molar-refractivity contribution in [2.24, 2.45) is 11.8 Å². The van der Waals surface area contributed by atoms with Crippen LogP contribution in [0.15, 0.2) is 0 Å². The zero-order chi connectivity index (χ0) is 9.78. The topological polar surface area (TPSA) is 26.3 Å². The second-order valence-corrected chi connectivity index (χ2v) is 7.28. The molecule has 0 aliphatic rings. The summed E-state index contributed by atoms with van der Waals surface area (Å²) in [5, 5.41) is 0. The molecule has 0 rings (SSSR count). The van der Waals surface area contributed by atoms with Crippen molar-refractivity contribution >= 4 is 16.8 Å². The molecule has 0 saturated heterocycles. The van der Waals surface area contributed by atoms with Crippen molar-refractivity contribution < 1.29 is 8.88 Å². The molecule has 0 aliphatic carbocycles. The second kappa shape index (κ2) is 5.37. The van der Waals surface area contributed by atoms with Crippen LogP contribution in [0.2, 0.25) is 0 Å². The van der Waals surface area contributed by atoms with E-state index in [1.54, 1.807) is 0 Å². The van der Waals surface area contributed by atoms with Crippen LogP contribution in [0.25, 0.3) is 0 Å². The van der Waals surface area contributed by atoms with E-state index in [-0.39, 0.29) is 0 Å². The average molecular weight is 210 g/mol. The van der Waals surface area contributed by atoms with Crippen molar-refractivity contribution in [2.75, 3.05) is 12.3 Å². The summed E-state index contributed by atoms with van der Waals surface area (Å²) in [5.74, 6) is 0.880. The first-order chi connectivity index (χ1) is 5.39. The van der Waals surface area contributed by atoms with E-state index in [1.807, 2.05) is 0 Å². The van der Waals surface area contributed by atoms with E-state index in [4.69, 9.17) is 4.31 Å². The van der Waals surface area contributed by atoms with Gasteiger partial charge in [0, 0.05) is 21.8 Å². The number of hydrogen-bond acceptors (Lipinski definition) is 2. The Hall–Kier alpha value is 0.620. The highest BCUT2D eigenvalue weighted by atomic mass is 31.2. The van der Waals surface area contributed by atoms with E-state index in [9.17, 15) is 4.57 Å². The molecule has 1 atom stereocenters. The first kappa shape index (κ1) is 12.6. The maximum atomic E-state index is 12.0. The predicted octanol–water partition coefficient (Wildman–Crippen LogP) is 3.38. The molecule has 0 radical (unpaired) electrons. The van der Waals surface area contributed by atoms with Gasteiger partial charge in [-0.25, -0.2) is 0 Å². The Morgan fingerprint density at radius 3 is 1.67 bits per heavy atom. The summed E-state index contributed by atoms with van der Waals surface area (Å²) in [4.78, 5) is 0. The summed E-state index contributed by atoms with van der Waals surface area (Å²) in [7, 11) is -0.209. The lowest BCUT2D eigenvalue weighted by molar-refractivity contribution is 0.490. The highest BCUT2D eigenvalue weighted by molar-refractivity contribution is 7.62. The third-order valence-corrected chi connectivity index (χ3v) is 5.59. The van der Waals surface area contributed by atoms with Gasteiger partial charge in [0.2, 0.25) is 7.37 Å². The molecule has 0 saturated carbocycles. The van der Waals surface area contributed by atoms with Gasteiger partial charge in [-0.05, 0) is 11.8 Å². The van der Waals surface area contributed by atoms with Crippen LogP contribution in [0.5, 0.6) is 0 Å². The molecule has 0 bridgehead atoms. The third kappa shape index (κ3) is 5.30. The van der Waals surface area contributed by atoms with Crippen LogP contribution in [-0.2, 0) is 8.88 Å². The minimum absolute atomic E-state index is 0.440. The number of rotatable bonds is 5. The van der Waals surface area contributed by atoms with Gasteiger partial charge in [0.05, 0.1) is 0 Å². The van der Waals surface area contributed by atoms with E-state index in [0.29, 0.717) is 24.2 Å². The van der Waals surface area contributed by atoms with Crippen LogP contribution in [0.3, 0.4) is 0 Å². The van der Waals surface area contributed by atoms with Gasteiger partial charge in [-0.2, -0.15) is 0 Å². The summed E-state index contributed by atoms with van der Waals surface area (Å²) in [6, 6.07) is 0. The van der Waals surface area contributed by atoms with Crippen LogP contribution >= 0.6 is 16.8 Å². The molecule has 2 nitrogen and oxygen atoms in total. The normalized spacial score (nSPS) is 12.9. The summed E-state index contributed by atoms with van der Waals surface area (Å²) in [5.41, 5.74) is 0. The maximum absolute atomic E-state index is 12.0. The van der Waals surface area contributed by atoms with Crippen molar-refractivity contribution in [2.45, 2.75) is 27.7 Å². The van der Waals surface area contributed by atoms with E-state index < -0.39 is 7.37 Å². The number of hydrogen-bond donors (Lipinski definition) is 0. The van der Waals surface area contributed by atoms with Gasteiger partial charge in [0.1, 0.15) is 0 Å². The quantitative estimate of drug-likeness (QED) is 0.650. The van der Waals surface area contributed by atoms with Crippen molar-refractivity contribution in [3.63, 3.8) is 0 Å². The highest BCUT2D eigenvalue weighted by Gasteiger charge is 2.24. The van der Waals surface area contributed by atoms with Crippen molar-refractivity contribution in [3.05, 3.63) is 0 Å². The van der Waals surface area contributed by atoms with Gasteiger partial charge in [0.25, 0.3) is 0 Å². The van der Waals surface area contributed by atoms with Crippen LogP contribution in [0.1, 0.15) is 27.7 Å². The molecule has 0 N–H and O–H groups in total. The average Bonchev–Trinajstić information content (AvgIpc) is 1.83. The summed E-state index contributed by atoms with van der Waals surface area (Å²) in [6.07, 6.45) is 1.38. The molecule has 0 amide bonds. The fraction of sp³-hybridized carbons (Fsp3) is 1.00. The zero-order valence-corrected chi connectivity index (χ0v) is 10.5. The lowest BCUT2D eigenvalue weighted by Crippen LogP contribution is -2.05. The van der Waals surface area contributed by atoms with Crippen LogP contribution < -0.4 is 0 Å². The molecule has 0 heterocycles. The minimum Gasteiger partial charge on any atom is -0.312 e. The molecule has 0 fully saturated rings. The smallest absolute Gasteiger partial charge is 0.206 e.